The van der Waals surface area contributed by atoms with E-state index in [1.54, 1.807) is 0 Å². The van der Waals surface area contributed by atoms with Crippen LogP contribution in [0.2, 0.25) is 0 Å². The molecule has 0 rings (SSSR count). The summed E-state index contributed by atoms with van der Waals surface area (Å²) in [5.74, 6) is -1.88. The molecule has 6 heteroatoms. The van der Waals surface area contributed by atoms with E-state index >= 15 is 0 Å². The Morgan fingerprint density at radius 2 is 1.71 bits per heavy atom. The van der Waals surface area contributed by atoms with E-state index in [1.807, 2.05) is 0 Å². The molecule has 0 saturated heterocycles. The van der Waals surface area contributed by atoms with Crippen LogP contribution >= 0.6 is 0 Å². The van der Waals surface area contributed by atoms with Crippen molar-refractivity contribution < 1.29 is 28.2 Å². The maximum absolute atomic E-state index is 12.5. The zero-order chi connectivity index (χ0) is 13.5. The molecule has 0 aliphatic carbocycles. The predicted molar refractivity (Wildman–Crippen MR) is 57.0 cm³/mol. The van der Waals surface area contributed by atoms with Gasteiger partial charge >= 0.3 is 11.9 Å². The highest BCUT2D eigenvalue weighted by molar-refractivity contribution is 6.02. The van der Waals surface area contributed by atoms with Crippen LogP contribution in [0.4, 0.5) is 4.39 Å². The highest BCUT2D eigenvalue weighted by atomic mass is 19.1. The monoisotopic (exact) mass is 248 g/mol. The summed E-state index contributed by atoms with van der Waals surface area (Å²) in [6.07, 6.45) is -0.525. The smallest absolute Gasteiger partial charge is 0.319 e. The summed E-state index contributed by atoms with van der Waals surface area (Å²) in [6.45, 7) is 0.347. The van der Waals surface area contributed by atoms with Crippen molar-refractivity contribution in [3.63, 3.8) is 0 Å². The first kappa shape index (κ1) is 15.5. The number of methoxy groups -OCH3 is 2. The minimum Gasteiger partial charge on any atom is -0.469 e. The van der Waals surface area contributed by atoms with E-state index in [1.165, 1.54) is 14.0 Å². The predicted octanol–water partition coefficient (Wildman–Crippen LogP) is 1.05. The van der Waals surface area contributed by atoms with Gasteiger partial charge in [-0.15, -0.1) is 0 Å². The number of rotatable bonds is 7. The Bertz CT molecular complexity index is 302. The quantitative estimate of drug-likeness (QED) is 0.497. The van der Waals surface area contributed by atoms with Crippen molar-refractivity contribution in [3.05, 3.63) is 0 Å². The van der Waals surface area contributed by atoms with E-state index in [-0.39, 0.29) is 19.3 Å². The van der Waals surface area contributed by atoms with Crippen molar-refractivity contribution in [2.24, 2.45) is 5.41 Å². The topological polar surface area (TPSA) is 69.7 Å². The third-order valence-corrected chi connectivity index (χ3v) is 2.75. The molecule has 1 atom stereocenters. The third kappa shape index (κ3) is 3.80. The molecule has 0 fully saturated rings. The normalized spacial score (nSPS) is 13.6. The second-order valence-electron chi connectivity index (χ2n) is 3.64. The van der Waals surface area contributed by atoms with Crippen molar-refractivity contribution in [1.82, 2.24) is 0 Å². The van der Waals surface area contributed by atoms with E-state index in [4.69, 9.17) is 0 Å². The van der Waals surface area contributed by atoms with E-state index in [0.29, 0.717) is 0 Å². The summed E-state index contributed by atoms with van der Waals surface area (Å²) in [5, 5.41) is 0. The van der Waals surface area contributed by atoms with Crippen LogP contribution in [0.15, 0.2) is 0 Å². The number of esters is 2. The fraction of sp³-hybridized carbons (Fsp3) is 0.727. The average molecular weight is 248 g/mol. The average Bonchev–Trinajstić information content (AvgIpc) is 2.32. The maximum atomic E-state index is 12.5. The van der Waals surface area contributed by atoms with Crippen LogP contribution in [0.5, 0.6) is 0 Å². The van der Waals surface area contributed by atoms with Gasteiger partial charge in [0.15, 0.2) is 0 Å². The lowest BCUT2D eigenvalue weighted by Crippen LogP contribution is -2.40. The van der Waals surface area contributed by atoms with Gasteiger partial charge in [0, 0.05) is 6.42 Å². The number of ether oxygens (including phenoxy) is 2. The number of ketones is 1. The standard InChI is InChI=1S/C11H17FO5/c1-8(13)11(6-7-12,10(15)17-3)5-4-9(14)16-2/h4-7H2,1-3H3. The minimum absolute atomic E-state index is 0.106. The van der Waals surface area contributed by atoms with Crippen molar-refractivity contribution in [3.8, 4) is 0 Å². The summed E-state index contributed by atoms with van der Waals surface area (Å²) >= 11 is 0. The second kappa shape index (κ2) is 6.98. The van der Waals surface area contributed by atoms with Crippen LogP contribution < -0.4 is 0 Å². The molecule has 5 nitrogen and oxygen atoms in total. The van der Waals surface area contributed by atoms with Gasteiger partial charge in [-0.1, -0.05) is 0 Å². The fourth-order valence-electron chi connectivity index (χ4n) is 1.60. The number of hydrogen-bond donors (Lipinski definition) is 0. The van der Waals surface area contributed by atoms with E-state index in [0.717, 1.165) is 7.11 Å². The van der Waals surface area contributed by atoms with Crippen molar-refractivity contribution in [2.45, 2.75) is 26.2 Å². The van der Waals surface area contributed by atoms with Gasteiger partial charge in [0.05, 0.1) is 20.9 Å². The Hall–Kier alpha value is -1.46. The van der Waals surface area contributed by atoms with Crippen molar-refractivity contribution in [1.29, 1.82) is 0 Å². The molecule has 0 aromatic heterocycles. The first-order valence-electron chi connectivity index (χ1n) is 5.17. The Kier molecular flexibility index (Phi) is 6.38. The Balaban J connectivity index is 4.97. The van der Waals surface area contributed by atoms with E-state index < -0.39 is 29.8 Å². The zero-order valence-corrected chi connectivity index (χ0v) is 10.2. The summed E-state index contributed by atoms with van der Waals surface area (Å²) in [6, 6.07) is 0. The third-order valence-electron chi connectivity index (χ3n) is 2.75. The summed E-state index contributed by atoms with van der Waals surface area (Å²) in [5.41, 5.74) is -1.59. The lowest BCUT2D eigenvalue weighted by Gasteiger charge is -2.26. The minimum atomic E-state index is -1.59. The van der Waals surface area contributed by atoms with Crippen LogP contribution in [0.3, 0.4) is 0 Å². The fourth-order valence-corrected chi connectivity index (χ4v) is 1.60. The lowest BCUT2D eigenvalue weighted by atomic mass is 9.77. The van der Waals surface area contributed by atoms with Gasteiger partial charge in [-0.2, -0.15) is 0 Å². The number of hydrogen-bond acceptors (Lipinski definition) is 5. The first-order valence-corrected chi connectivity index (χ1v) is 5.17. The van der Waals surface area contributed by atoms with Crippen molar-refractivity contribution >= 4 is 17.7 Å². The molecule has 17 heavy (non-hydrogen) atoms. The largest absolute Gasteiger partial charge is 0.469 e. The molecule has 0 aliphatic rings. The lowest BCUT2D eigenvalue weighted by molar-refractivity contribution is -0.159. The molecule has 98 valence electrons. The van der Waals surface area contributed by atoms with E-state index in [9.17, 15) is 18.8 Å². The van der Waals surface area contributed by atoms with Crippen molar-refractivity contribution in [2.75, 3.05) is 20.9 Å². The molecule has 0 radical (unpaired) electrons. The molecular formula is C11H17FO5. The van der Waals surface area contributed by atoms with Crippen LogP contribution in [-0.2, 0) is 23.9 Å². The number of Topliss-reactive ketones (excluding diaryl/α,β-unsaturated/α-hetero) is 1. The summed E-state index contributed by atoms with van der Waals surface area (Å²) < 4.78 is 21.4. The van der Waals surface area contributed by atoms with Crippen LogP contribution in [0, 0.1) is 5.41 Å². The van der Waals surface area contributed by atoms with Gasteiger partial charge in [-0.25, -0.2) is 0 Å². The van der Waals surface area contributed by atoms with Gasteiger partial charge in [0.2, 0.25) is 0 Å². The maximum Gasteiger partial charge on any atom is 0.319 e. The molecule has 0 amide bonds. The van der Waals surface area contributed by atoms with Crippen LogP contribution in [-0.4, -0.2) is 38.6 Å². The molecule has 0 aromatic rings. The molecule has 0 N–H and O–H groups in total. The number of halogens is 1. The number of carbonyl (C=O) groups is 3. The first-order chi connectivity index (χ1) is 7.94. The molecule has 0 spiro atoms. The molecular weight excluding hydrogens is 231 g/mol. The Labute approximate surface area is 99.3 Å². The van der Waals surface area contributed by atoms with E-state index in [2.05, 4.69) is 9.47 Å². The molecule has 0 heterocycles. The molecule has 0 saturated carbocycles. The van der Waals surface area contributed by atoms with Gasteiger partial charge < -0.3 is 9.47 Å². The molecule has 0 aliphatic heterocycles. The number of alkyl halides is 1. The van der Waals surface area contributed by atoms with Gasteiger partial charge in [0.1, 0.15) is 11.2 Å². The molecule has 0 bridgehead atoms. The Morgan fingerprint density at radius 1 is 1.12 bits per heavy atom. The van der Waals surface area contributed by atoms with Crippen LogP contribution in [0.1, 0.15) is 26.2 Å². The molecule has 1 unspecified atom stereocenters. The van der Waals surface area contributed by atoms with Crippen LogP contribution in [0.25, 0.3) is 0 Å². The second-order valence-corrected chi connectivity index (χ2v) is 3.64. The summed E-state index contributed by atoms with van der Waals surface area (Å²) in [4.78, 5) is 34.2. The van der Waals surface area contributed by atoms with Gasteiger partial charge in [0.25, 0.3) is 0 Å². The number of carbonyl (C=O) groups excluding carboxylic acids is 3. The highest BCUT2D eigenvalue weighted by Gasteiger charge is 2.44. The SMILES string of the molecule is COC(=O)CCC(CCF)(C(C)=O)C(=O)OC. The summed E-state index contributed by atoms with van der Waals surface area (Å²) in [7, 11) is 2.32. The Morgan fingerprint density at radius 3 is 2.06 bits per heavy atom. The zero-order valence-electron chi connectivity index (χ0n) is 10.2. The van der Waals surface area contributed by atoms with Gasteiger partial charge in [-0.3, -0.25) is 18.8 Å². The van der Waals surface area contributed by atoms with Gasteiger partial charge in [-0.05, 0) is 19.8 Å². The molecule has 0 aromatic carbocycles. The highest BCUT2D eigenvalue weighted by Crippen LogP contribution is 2.31.